The van der Waals surface area contributed by atoms with Crippen molar-refractivity contribution in [3.05, 3.63) is 29.6 Å². The Morgan fingerprint density at radius 3 is 2.67 bits per heavy atom. The molecule has 0 N–H and O–H groups in total. The van der Waals surface area contributed by atoms with Crippen LogP contribution < -0.4 is 4.74 Å². The van der Waals surface area contributed by atoms with Crippen molar-refractivity contribution >= 4 is 11.8 Å². The van der Waals surface area contributed by atoms with E-state index >= 15 is 0 Å². The van der Waals surface area contributed by atoms with Crippen molar-refractivity contribution in [2.24, 2.45) is 11.8 Å². The van der Waals surface area contributed by atoms with Gasteiger partial charge in [0, 0.05) is 44.4 Å². The van der Waals surface area contributed by atoms with Gasteiger partial charge in [-0.2, -0.15) is 13.2 Å². The minimum Gasteiger partial charge on any atom is -0.490 e. The summed E-state index contributed by atoms with van der Waals surface area (Å²) in [5.41, 5.74) is -1.07. The van der Waals surface area contributed by atoms with Crippen molar-refractivity contribution in [2.45, 2.75) is 25.1 Å². The second kappa shape index (κ2) is 8.05. The van der Waals surface area contributed by atoms with Crippen LogP contribution in [0.3, 0.4) is 0 Å². The van der Waals surface area contributed by atoms with Crippen molar-refractivity contribution in [3.63, 3.8) is 0 Å². The van der Waals surface area contributed by atoms with Gasteiger partial charge < -0.3 is 19.3 Å². The highest BCUT2D eigenvalue weighted by Crippen LogP contribution is 2.32. The number of ether oxygens (including phenoxy) is 2. The van der Waals surface area contributed by atoms with Crippen LogP contribution >= 0.6 is 0 Å². The lowest BCUT2D eigenvalue weighted by Gasteiger charge is -2.45. The Kier molecular flexibility index (Phi) is 5.61. The van der Waals surface area contributed by atoms with E-state index in [1.807, 2.05) is 0 Å². The highest BCUT2D eigenvalue weighted by Gasteiger charge is 2.40. The fraction of sp³-hybridized carbons (Fsp3) is 0.600. The summed E-state index contributed by atoms with van der Waals surface area (Å²) < 4.78 is 62.5. The summed E-state index contributed by atoms with van der Waals surface area (Å²) in [7, 11) is 0. The van der Waals surface area contributed by atoms with E-state index in [4.69, 9.17) is 9.47 Å². The predicted octanol–water partition coefficient (Wildman–Crippen LogP) is 2.96. The van der Waals surface area contributed by atoms with Gasteiger partial charge in [-0.25, -0.2) is 9.18 Å². The maximum Gasteiger partial charge on any atom is 0.416 e. The number of carbonyl (C=O) groups is 2. The first kappa shape index (κ1) is 20.9. The van der Waals surface area contributed by atoms with Gasteiger partial charge in [-0.05, 0) is 24.6 Å². The Bertz CT molecular complexity index is 826. The molecule has 6 nitrogen and oxygen atoms in total. The molecular formula is C20H22F4N2O4. The third-order valence-corrected chi connectivity index (χ3v) is 5.84. The van der Waals surface area contributed by atoms with E-state index in [0.717, 1.165) is 12.1 Å². The summed E-state index contributed by atoms with van der Waals surface area (Å²) in [4.78, 5) is 27.6. The van der Waals surface area contributed by atoms with E-state index in [-0.39, 0.29) is 48.7 Å². The monoisotopic (exact) mass is 430 g/mol. The topological polar surface area (TPSA) is 59.1 Å². The van der Waals surface area contributed by atoms with Crippen molar-refractivity contribution in [1.82, 2.24) is 9.80 Å². The molecule has 4 rings (SSSR count). The van der Waals surface area contributed by atoms with E-state index in [0.29, 0.717) is 45.1 Å². The molecule has 3 aliphatic rings. The lowest BCUT2D eigenvalue weighted by molar-refractivity contribution is -0.140. The molecule has 1 aromatic carbocycles. The number of nitrogens with zero attached hydrogens (tertiary/aromatic N) is 2. The van der Waals surface area contributed by atoms with Gasteiger partial charge in [-0.3, -0.25) is 4.79 Å². The van der Waals surface area contributed by atoms with Gasteiger partial charge in [0.25, 0.3) is 0 Å². The summed E-state index contributed by atoms with van der Waals surface area (Å²) in [5.74, 6) is -1.23. The van der Waals surface area contributed by atoms with Crippen molar-refractivity contribution in [3.8, 4) is 5.75 Å². The second-order valence-corrected chi connectivity index (χ2v) is 8.09. The van der Waals surface area contributed by atoms with E-state index in [2.05, 4.69) is 0 Å². The lowest BCUT2D eigenvalue weighted by atomic mass is 9.88. The minimum atomic E-state index is -4.61. The molecule has 0 saturated carbocycles. The molecule has 3 saturated heterocycles. The molecule has 2 amide bonds. The number of benzene rings is 1. The van der Waals surface area contributed by atoms with Crippen LogP contribution in [0.25, 0.3) is 0 Å². The number of Topliss-reactive ketones (excluding diaryl/α,β-unsaturated/α-hetero) is 1. The number of halogens is 4. The summed E-state index contributed by atoms with van der Waals surface area (Å²) in [6.07, 6.45) is -3.44. The number of piperidine rings is 1. The number of rotatable bonds is 3. The number of carbonyl (C=O) groups excluding carboxylic acids is 2. The van der Waals surface area contributed by atoms with E-state index < -0.39 is 17.6 Å². The van der Waals surface area contributed by atoms with Gasteiger partial charge in [0.1, 0.15) is 6.61 Å². The fourth-order valence-electron chi connectivity index (χ4n) is 4.18. The predicted molar refractivity (Wildman–Crippen MR) is 96.4 cm³/mol. The second-order valence-electron chi connectivity index (χ2n) is 8.09. The zero-order chi connectivity index (χ0) is 21.5. The number of alkyl halides is 3. The highest BCUT2D eigenvalue weighted by molar-refractivity contribution is 5.81. The number of hydrogen-bond acceptors (Lipinski definition) is 4. The zero-order valence-electron chi connectivity index (χ0n) is 16.2. The smallest absolute Gasteiger partial charge is 0.416 e. The molecular weight excluding hydrogens is 408 g/mol. The lowest BCUT2D eigenvalue weighted by Crippen LogP contribution is -2.59. The Morgan fingerprint density at radius 2 is 1.97 bits per heavy atom. The molecule has 0 unspecified atom stereocenters. The molecule has 0 radical (unpaired) electrons. The third kappa shape index (κ3) is 4.38. The Hall–Kier alpha value is -2.36. The van der Waals surface area contributed by atoms with E-state index in [9.17, 15) is 27.2 Å². The van der Waals surface area contributed by atoms with E-state index in [1.54, 1.807) is 9.80 Å². The standard InChI is InChI=1S/C20H22F4N2O4/c21-16-6-14(20(22,23)24)1-2-18(16)29-10-12-7-26(8-12)19(28)25-4-3-17-13(9-25)5-15(27)11-30-17/h1-2,6,12-13,17H,3-5,7-11H2/t13-,17+/m1/s1. The Balaban J connectivity index is 1.23. The zero-order valence-corrected chi connectivity index (χ0v) is 16.2. The molecule has 10 heteroatoms. The molecule has 164 valence electrons. The van der Waals surface area contributed by atoms with Crippen LogP contribution in [0.2, 0.25) is 0 Å². The average Bonchev–Trinajstić information content (AvgIpc) is 2.66. The average molecular weight is 430 g/mol. The number of amides is 2. The first-order chi connectivity index (χ1) is 14.2. The normalized spacial score (nSPS) is 25.0. The number of likely N-dealkylation sites (tertiary alicyclic amines) is 2. The Morgan fingerprint density at radius 1 is 1.20 bits per heavy atom. The fourth-order valence-corrected chi connectivity index (χ4v) is 4.18. The summed E-state index contributed by atoms with van der Waals surface area (Å²) in [5, 5.41) is 0. The van der Waals surface area contributed by atoms with Crippen LogP contribution in [0, 0.1) is 17.7 Å². The highest BCUT2D eigenvalue weighted by atomic mass is 19.4. The van der Waals surface area contributed by atoms with Gasteiger partial charge in [-0.15, -0.1) is 0 Å². The van der Waals surface area contributed by atoms with Crippen molar-refractivity contribution < 1.29 is 36.6 Å². The van der Waals surface area contributed by atoms with Crippen LogP contribution in [0.4, 0.5) is 22.4 Å². The summed E-state index contributed by atoms with van der Waals surface area (Å²) >= 11 is 0. The number of fused-ring (bicyclic) bond motifs is 1. The summed E-state index contributed by atoms with van der Waals surface area (Å²) in [6.45, 7) is 2.19. The van der Waals surface area contributed by atoms with Crippen LogP contribution in [0.5, 0.6) is 5.75 Å². The van der Waals surface area contributed by atoms with Gasteiger partial charge in [-0.1, -0.05) is 0 Å². The molecule has 2 atom stereocenters. The number of hydrogen-bond donors (Lipinski definition) is 0. The van der Waals surface area contributed by atoms with Gasteiger partial charge >= 0.3 is 12.2 Å². The third-order valence-electron chi connectivity index (χ3n) is 5.84. The maximum atomic E-state index is 13.8. The maximum absolute atomic E-state index is 13.8. The SMILES string of the molecule is O=C1CO[C@H]2CCN(C(=O)N3CC(COc4ccc(C(F)(F)F)cc4F)C3)C[C@H]2C1. The van der Waals surface area contributed by atoms with Crippen LogP contribution in [0.15, 0.2) is 18.2 Å². The van der Waals surface area contributed by atoms with Gasteiger partial charge in [0.15, 0.2) is 17.3 Å². The quantitative estimate of drug-likeness (QED) is 0.692. The molecule has 30 heavy (non-hydrogen) atoms. The van der Waals surface area contributed by atoms with Crippen molar-refractivity contribution in [2.75, 3.05) is 39.4 Å². The minimum absolute atomic E-state index is 0.0206. The van der Waals surface area contributed by atoms with E-state index in [1.165, 1.54) is 0 Å². The number of ketones is 1. The van der Waals surface area contributed by atoms with Gasteiger partial charge in [0.05, 0.1) is 18.3 Å². The molecule has 3 heterocycles. The van der Waals surface area contributed by atoms with Crippen molar-refractivity contribution in [1.29, 1.82) is 0 Å². The molecule has 0 bridgehead atoms. The first-order valence-corrected chi connectivity index (χ1v) is 9.87. The van der Waals surface area contributed by atoms with Crippen LogP contribution in [-0.4, -0.2) is 67.1 Å². The molecule has 0 spiro atoms. The van der Waals surface area contributed by atoms with Crippen LogP contribution in [-0.2, 0) is 15.7 Å². The van der Waals surface area contributed by atoms with Gasteiger partial charge in [0.2, 0.25) is 0 Å². The molecule has 3 fully saturated rings. The molecule has 0 aliphatic carbocycles. The number of urea groups is 1. The Labute approximate surface area is 170 Å². The molecule has 3 aliphatic heterocycles. The van der Waals surface area contributed by atoms with Crippen LogP contribution in [0.1, 0.15) is 18.4 Å². The largest absolute Gasteiger partial charge is 0.490 e. The molecule has 0 aromatic heterocycles. The first-order valence-electron chi connectivity index (χ1n) is 9.87. The summed E-state index contributed by atoms with van der Waals surface area (Å²) in [6, 6.07) is 2.05. The molecule has 1 aromatic rings.